The molecule has 1 aromatic carbocycles. The molecule has 112 valence electrons. The van der Waals surface area contributed by atoms with Gasteiger partial charge in [0.25, 0.3) is 0 Å². The number of hydrogen-bond donors (Lipinski definition) is 4. The van der Waals surface area contributed by atoms with E-state index in [9.17, 15) is 14.4 Å². The Morgan fingerprint density at radius 1 is 1.19 bits per heavy atom. The zero-order chi connectivity index (χ0) is 15.2. The van der Waals surface area contributed by atoms with Crippen molar-refractivity contribution in [2.75, 3.05) is 6.54 Å². The summed E-state index contributed by atoms with van der Waals surface area (Å²) in [5, 5.41) is 16.6. The van der Waals surface area contributed by atoms with Crippen molar-refractivity contribution in [3.63, 3.8) is 0 Å². The number of carboxylic acid groups (broad SMARTS) is 1. The Morgan fingerprint density at radius 3 is 2.43 bits per heavy atom. The number of carboxylic acids is 1. The van der Waals surface area contributed by atoms with Crippen molar-refractivity contribution < 1.29 is 19.5 Å². The maximum absolute atomic E-state index is 11.7. The standard InChI is InChI=1S/C14H17N3O4/c18-11(16-10-6-7-10)8-15-14(21)17-12(13(19)20)9-4-2-1-3-5-9/h1-5,10,12H,6-8H2,(H,16,18)(H,19,20)(H2,15,17,21)/t12-/m0/s1. The molecule has 1 aromatic rings. The van der Waals surface area contributed by atoms with Crippen molar-refractivity contribution in [1.82, 2.24) is 16.0 Å². The maximum atomic E-state index is 11.7. The van der Waals surface area contributed by atoms with Crippen LogP contribution in [0.2, 0.25) is 0 Å². The van der Waals surface area contributed by atoms with E-state index in [0.717, 1.165) is 12.8 Å². The lowest BCUT2D eigenvalue weighted by atomic mass is 10.1. The van der Waals surface area contributed by atoms with Gasteiger partial charge in [-0.2, -0.15) is 0 Å². The van der Waals surface area contributed by atoms with E-state index in [1.165, 1.54) is 0 Å². The Bertz CT molecular complexity index is 528. The smallest absolute Gasteiger partial charge is 0.330 e. The third-order valence-electron chi connectivity index (χ3n) is 3.01. The Labute approximate surface area is 121 Å². The molecule has 1 aliphatic carbocycles. The molecule has 3 amide bonds. The largest absolute Gasteiger partial charge is 0.479 e. The van der Waals surface area contributed by atoms with Crippen molar-refractivity contribution in [1.29, 1.82) is 0 Å². The summed E-state index contributed by atoms with van der Waals surface area (Å²) in [6, 6.07) is 6.72. The van der Waals surface area contributed by atoms with E-state index in [1.807, 2.05) is 0 Å². The summed E-state index contributed by atoms with van der Waals surface area (Å²) in [6.45, 7) is -0.177. The molecule has 1 atom stereocenters. The van der Waals surface area contributed by atoms with Gasteiger partial charge in [-0.15, -0.1) is 0 Å². The molecule has 0 spiro atoms. The first-order valence-electron chi connectivity index (χ1n) is 6.67. The lowest BCUT2D eigenvalue weighted by Crippen LogP contribution is -2.45. The Hall–Kier alpha value is -2.57. The predicted molar refractivity (Wildman–Crippen MR) is 74.5 cm³/mol. The molecule has 0 unspecified atom stereocenters. The molecule has 1 saturated carbocycles. The SMILES string of the molecule is O=C(CNC(=O)N[C@H](C(=O)O)c1ccccc1)NC1CC1. The van der Waals surface area contributed by atoms with Crippen LogP contribution in [0.3, 0.4) is 0 Å². The maximum Gasteiger partial charge on any atom is 0.330 e. The number of hydrogen-bond acceptors (Lipinski definition) is 3. The van der Waals surface area contributed by atoms with Crippen molar-refractivity contribution in [2.45, 2.75) is 24.9 Å². The van der Waals surface area contributed by atoms with E-state index >= 15 is 0 Å². The number of rotatable bonds is 6. The van der Waals surface area contributed by atoms with Crippen molar-refractivity contribution in [3.8, 4) is 0 Å². The number of carbonyl (C=O) groups is 3. The monoisotopic (exact) mass is 291 g/mol. The van der Waals surface area contributed by atoms with Gasteiger partial charge in [0.2, 0.25) is 5.91 Å². The average molecular weight is 291 g/mol. The molecule has 21 heavy (non-hydrogen) atoms. The molecule has 7 heteroatoms. The Kier molecular flexibility index (Phi) is 4.76. The highest BCUT2D eigenvalue weighted by molar-refractivity contribution is 5.87. The van der Waals surface area contributed by atoms with E-state index in [0.29, 0.717) is 5.56 Å². The average Bonchev–Trinajstić information content (AvgIpc) is 3.27. The van der Waals surface area contributed by atoms with Crippen LogP contribution >= 0.6 is 0 Å². The van der Waals surface area contributed by atoms with Crippen LogP contribution in [0.1, 0.15) is 24.4 Å². The minimum absolute atomic E-state index is 0.177. The summed E-state index contributed by atoms with van der Waals surface area (Å²) in [7, 11) is 0. The summed E-state index contributed by atoms with van der Waals surface area (Å²) in [5.74, 6) is -1.45. The highest BCUT2D eigenvalue weighted by Crippen LogP contribution is 2.18. The highest BCUT2D eigenvalue weighted by atomic mass is 16.4. The van der Waals surface area contributed by atoms with Gasteiger partial charge in [-0.1, -0.05) is 30.3 Å². The molecule has 0 bridgehead atoms. The van der Waals surface area contributed by atoms with Crippen molar-refractivity contribution >= 4 is 17.9 Å². The predicted octanol–water partition coefficient (Wildman–Crippen LogP) is 0.390. The molecule has 2 rings (SSSR count). The summed E-state index contributed by atoms with van der Waals surface area (Å²) < 4.78 is 0. The van der Waals surface area contributed by atoms with Gasteiger partial charge >= 0.3 is 12.0 Å². The molecule has 0 aliphatic heterocycles. The minimum Gasteiger partial charge on any atom is -0.479 e. The van der Waals surface area contributed by atoms with E-state index in [4.69, 9.17) is 5.11 Å². The summed E-state index contributed by atoms with van der Waals surface area (Å²) in [5.41, 5.74) is 0.461. The number of nitrogens with one attached hydrogen (secondary N) is 3. The van der Waals surface area contributed by atoms with Gasteiger partial charge in [0, 0.05) is 6.04 Å². The first-order chi connectivity index (χ1) is 10.1. The fourth-order valence-electron chi connectivity index (χ4n) is 1.78. The Balaban J connectivity index is 1.83. The van der Waals surface area contributed by atoms with Crippen LogP contribution < -0.4 is 16.0 Å². The van der Waals surface area contributed by atoms with Crippen LogP contribution in [0.5, 0.6) is 0 Å². The van der Waals surface area contributed by atoms with Gasteiger partial charge in [0.05, 0.1) is 6.54 Å². The molecular weight excluding hydrogens is 274 g/mol. The van der Waals surface area contributed by atoms with Crippen molar-refractivity contribution in [2.24, 2.45) is 0 Å². The van der Waals surface area contributed by atoms with Crippen LogP contribution in [0.4, 0.5) is 4.79 Å². The van der Waals surface area contributed by atoms with E-state index in [-0.39, 0.29) is 18.5 Å². The second-order valence-electron chi connectivity index (χ2n) is 4.85. The van der Waals surface area contributed by atoms with Gasteiger partial charge in [0.15, 0.2) is 6.04 Å². The number of carbonyl (C=O) groups excluding carboxylic acids is 2. The number of benzene rings is 1. The van der Waals surface area contributed by atoms with Crippen molar-refractivity contribution in [3.05, 3.63) is 35.9 Å². The van der Waals surface area contributed by atoms with Crippen LogP contribution in [-0.2, 0) is 9.59 Å². The molecule has 4 N–H and O–H groups in total. The highest BCUT2D eigenvalue weighted by Gasteiger charge is 2.24. The van der Waals surface area contributed by atoms with E-state index in [1.54, 1.807) is 30.3 Å². The first-order valence-corrected chi connectivity index (χ1v) is 6.67. The second kappa shape index (κ2) is 6.74. The van der Waals surface area contributed by atoms with E-state index < -0.39 is 18.0 Å². The fourth-order valence-corrected chi connectivity index (χ4v) is 1.78. The third-order valence-corrected chi connectivity index (χ3v) is 3.01. The van der Waals surface area contributed by atoms with E-state index in [2.05, 4.69) is 16.0 Å². The molecule has 0 aromatic heterocycles. The Morgan fingerprint density at radius 2 is 1.86 bits per heavy atom. The molecule has 7 nitrogen and oxygen atoms in total. The minimum atomic E-state index is -1.17. The third kappa shape index (κ3) is 4.79. The number of amides is 3. The van der Waals surface area contributed by atoms with Gasteiger partial charge in [-0.25, -0.2) is 9.59 Å². The quantitative estimate of drug-likeness (QED) is 0.608. The normalized spacial score (nSPS) is 14.9. The molecule has 0 radical (unpaired) electrons. The second-order valence-corrected chi connectivity index (χ2v) is 4.85. The summed E-state index contributed by atoms with van der Waals surface area (Å²) in [6.07, 6.45) is 1.93. The number of aliphatic carboxylic acids is 1. The van der Waals surface area contributed by atoms with Gasteiger partial charge in [-0.05, 0) is 18.4 Å². The number of urea groups is 1. The van der Waals surface area contributed by atoms with Crippen LogP contribution in [0.25, 0.3) is 0 Å². The summed E-state index contributed by atoms with van der Waals surface area (Å²) >= 11 is 0. The topological polar surface area (TPSA) is 108 Å². The zero-order valence-electron chi connectivity index (χ0n) is 11.3. The van der Waals surface area contributed by atoms with Gasteiger partial charge in [0.1, 0.15) is 0 Å². The zero-order valence-corrected chi connectivity index (χ0v) is 11.3. The summed E-state index contributed by atoms with van der Waals surface area (Å²) in [4.78, 5) is 34.3. The lowest BCUT2D eigenvalue weighted by Gasteiger charge is -2.15. The lowest BCUT2D eigenvalue weighted by molar-refractivity contribution is -0.139. The molecule has 0 heterocycles. The molecule has 1 fully saturated rings. The van der Waals surface area contributed by atoms with Crippen LogP contribution in [0, 0.1) is 0 Å². The molecule has 1 aliphatic rings. The van der Waals surface area contributed by atoms with Crippen LogP contribution in [0.15, 0.2) is 30.3 Å². The van der Waals surface area contributed by atoms with Gasteiger partial charge in [-0.3, -0.25) is 4.79 Å². The van der Waals surface area contributed by atoms with Gasteiger partial charge < -0.3 is 21.1 Å². The first kappa shape index (κ1) is 14.8. The molecular formula is C14H17N3O4. The van der Waals surface area contributed by atoms with Crippen LogP contribution in [-0.4, -0.2) is 35.6 Å². The molecule has 0 saturated heterocycles. The fraction of sp³-hybridized carbons (Fsp3) is 0.357.